The number of H-pyrrole nitrogens is 1. The second kappa shape index (κ2) is 4.31. The molecule has 0 aliphatic heterocycles. The topological polar surface area (TPSA) is 58.9 Å². The van der Waals surface area contributed by atoms with E-state index < -0.39 is 0 Å². The van der Waals surface area contributed by atoms with Crippen LogP contribution in [0.5, 0.6) is 0 Å². The molecule has 2 aromatic carbocycles. The van der Waals surface area contributed by atoms with Crippen molar-refractivity contribution in [2.24, 2.45) is 0 Å². The summed E-state index contributed by atoms with van der Waals surface area (Å²) < 4.78 is 1.80. The van der Waals surface area contributed by atoms with Crippen molar-refractivity contribution in [3.05, 3.63) is 60.7 Å². The molecule has 5 nitrogen and oxygen atoms in total. The fourth-order valence-electron chi connectivity index (χ4n) is 2.18. The molecule has 0 aliphatic carbocycles. The van der Waals surface area contributed by atoms with Crippen molar-refractivity contribution in [2.75, 3.05) is 0 Å². The summed E-state index contributed by atoms with van der Waals surface area (Å²) in [5, 5.41) is 11.5. The summed E-state index contributed by atoms with van der Waals surface area (Å²) in [6.07, 6.45) is 0. The lowest BCUT2D eigenvalue weighted by atomic mass is 10.2. The predicted molar refractivity (Wildman–Crippen MR) is 76.0 cm³/mol. The summed E-state index contributed by atoms with van der Waals surface area (Å²) >= 11 is 0. The zero-order valence-electron chi connectivity index (χ0n) is 10.6. The number of hydrogen-bond acceptors (Lipinski definition) is 3. The van der Waals surface area contributed by atoms with Gasteiger partial charge in [-0.2, -0.15) is 9.50 Å². The summed E-state index contributed by atoms with van der Waals surface area (Å²) in [5.74, 6) is 2.12. The Labute approximate surface area is 114 Å². The van der Waals surface area contributed by atoms with Crippen molar-refractivity contribution < 1.29 is 0 Å². The van der Waals surface area contributed by atoms with E-state index in [0.29, 0.717) is 5.78 Å². The lowest BCUT2D eigenvalue weighted by Gasteiger charge is -1.97. The largest absolute Gasteiger partial charge is 0.272 e. The molecular weight excluding hydrogens is 250 g/mol. The highest BCUT2D eigenvalue weighted by molar-refractivity contribution is 5.61. The van der Waals surface area contributed by atoms with Crippen LogP contribution in [0.2, 0.25) is 0 Å². The monoisotopic (exact) mass is 261 g/mol. The van der Waals surface area contributed by atoms with Gasteiger partial charge in [-0.25, -0.2) is 0 Å². The maximum atomic E-state index is 4.46. The average molecular weight is 261 g/mol. The van der Waals surface area contributed by atoms with Crippen molar-refractivity contribution in [3.63, 3.8) is 0 Å². The first-order valence-electron chi connectivity index (χ1n) is 6.34. The van der Waals surface area contributed by atoms with E-state index in [1.807, 2.05) is 60.7 Å². The summed E-state index contributed by atoms with van der Waals surface area (Å²) in [4.78, 5) is 4.46. The van der Waals surface area contributed by atoms with Crippen molar-refractivity contribution in [1.29, 1.82) is 0 Å². The number of rotatable bonds is 2. The number of aromatic nitrogens is 5. The first kappa shape index (κ1) is 10.9. The molecule has 0 saturated carbocycles. The van der Waals surface area contributed by atoms with Crippen LogP contribution in [0.25, 0.3) is 28.6 Å². The van der Waals surface area contributed by atoms with Crippen LogP contribution in [0.4, 0.5) is 0 Å². The van der Waals surface area contributed by atoms with Crippen molar-refractivity contribution >= 4 is 5.78 Å². The summed E-state index contributed by atoms with van der Waals surface area (Å²) in [6, 6.07) is 19.9. The number of nitrogens with one attached hydrogen (secondary N) is 1. The van der Waals surface area contributed by atoms with Crippen LogP contribution in [0.15, 0.2) is 60.7 Å². The number of nitrogens with zero attached hydrogens (tertiary/aromatic N) is 4. The first-order chi connectivity index (χ1) is 9.92. The fraction of sp³-hybridized carbons (Fsp3) is 0. The van der Waals surface area contributed by atoms with Gasteiger partial charge in [0.1, 0.15) is 0 Å². The minimum absolute atomic E-state index is 0.572. The number of benzene rings is 2. The van der Waals surface area contributed by atoms with Gasteiger partial charge in [0, 0.05) is 11.1 Å². The van der Waals surface area contributed by atoms with Gasteiger partial charge in [0.2, 0.25) is 0 Å². The van der Waals surface area contributed by atoms with E-state index >= 15 is 0 Å². The Bertz CT molecular complexity index is 846. The molecule has 0 amide bonds. The van der Waals surface area contributed by atoms with Gasteiger partial charge in [-0.15, -0.1) is 10.2 Å². The molecule has 0 fully saturated rings. The molecule has 0 atom stereocenters. The van der Waals surface area contributed by atoms with Gasteiger partial charge < -0.3 is 0 Å². The second-order valence-corrected chi connectivity index (χ2v) is 4.46. The molecule has 0 bridgehead atoms. The molecule has 2 aromatic heterocycles. The quantitative estimate of drug-likeness (QED) is 0.603. The molecule has 20 heavy (non-hydrogen) atoms. The molecular formula is C15H11N5. The van der Waals surface area contributed by atoms with Gasteiger partial charge in [-0.1, -0.05) is 60.7 Å². The highest BCUT2D eigenvalue weighted by atomic mass is 15.4. The van der Waals surface area contributed by atoms with E-state index in [4.69, 9.17) is 0 Å². The molecule has 96 valence electrons. The minimum Gasteiger partial charge on any atom is -0.272 e. The predicted octanol–water partition coefficient (Wildman–Crippen LogP) is 2.79. The number of aromatic amines is 1. The van der Waals surface area contributed by atoms with Gasteiger partial charge in [0.25, 0.3) is 5.78 Å². The molecule has 0 saturated heterocycles. The van der Waals surface area contributed by atoms with Gasteiger partial charge in [0.05, 0.1) is 0 Å². The van der Waals surface area contributed by atoms with Crippen molar-refractivity contribution in [2.45, 2.75) is 0 Å². The molecule has 2 heterocycles. The molecule has 4 rings (SSSR count). The van der Waals surface area contributed by atoms with Crippen LogP contribution in [0.3, 0.4) is 0 Å². The first-order valence-corrected chi connectivity index (χ1v) is 6.34. The summed E-state index contributed by atoms with van der Waals surface area (Å²) in [6.45, 7) is 0. The van der Waals surface area contributed by atoms with E-state index in [-0.39, 0.29) is 0 Å². The van der Waals surface area contributed by atoms with E-state index in [1.54, 1.807) is 4.52 Å². The van der Waals surface area contributed by atoms with Gasteiger partial charge in [0.15, 0.2) is 11.6 Å². The zero-order chi connectivity index (χ0) is 13.4. The normalized spacial score (nSPS) is 11.0. The molecule has 0 radical (unpaired) electrons. The zero-order valence-corrected chi connectivity index (χ0v) is 10.6. The van der Waals surface area contributed by atoms with E-state index in [0.717, 1.165) is 22.8 Å². The van der Waals surface area contributed by atoms with Crippen molar-refractivity contribution in [3.8, 4) is 22.8 Å². The lowest BCUT2D eigenvalue weighted by Crippen LogP contribution is -1.90. The van der Waals surface area contributed by atoms with E-state index in [2.05, 4.69) is 20.3 Å². The van der Waals surface area contributed by atoms with Crippen LogP contribution >= 0.6 is 0 Å². The minimum atomic E-state index is 0.572. The molecule has 0 spiro atoms. The Morgan fingerprint density at radius 2 is 1.40 bits per heavy atom. The van der Waals surface area contributed by atoms with Gasteiger partial charge in [-0.3, -0.25) is 5.10 Å². The van der Waals surface area contributed by atoms with Crippen LogP contribution in [0, 0.1) is 0 Å². The van der Waals surface area contributed by atoms with Gasteiger partial charge >= 0.3 is 0 Å². The number of hydrogen-bond donors (Lipinski definition) is 1. The standard InChI is InChI=1S/C15H11N5/c1-3-7-11(8-4-1)13-16-15-18-17-14(20(15)19-13)12-9-5-2-6-10-12/h1-10H,(H,16,18,19). The van der Waals surface area contributed by atoms with Crippen molar-refractivity contribution in [1.82, 2.24) is 24.8 Å². The highest BCUT2D eigenvalue weighted by Gasteiger charge is 2.12. The molecule has 4 aromatic rings. The third kappa shape index (κ3) is 1.68. The Kier molecular flexibility index (Phi) is 2.35. The van der Waals surface area contributed by atoms with Gasteiger partial charge in [-0.05, 0) is 0 Å². The van der Waals surface area contributed by atoms with Crippen LogP contribution < -0.4 is 0 Å². The maximum absolute atomic E-state index is 4.46. The SMILES string of the molecule is c1ccc(-c2nc3nnc(-c4ccccc4)n3[nH]2)cc1. The van der Waals surface area contributed by atoms with Crippen LogP contribution in [-0.2, 0) is 0 Å². The Morgan fingerprint density at radius 3 is 2.10 bits per heavy atom. The van der Waals surface area contributed by atoms with E-state index in [1.165, 1.54) is 0 Å². The highest BCUT2D eigenvalue weighted by Crippen LogP contribution is 2.20. The molecule has 0 aliphatic rings. The second-order valence-electron chi connectivity index (χ2n) is 4.46. The Morgan fingerprint density at radius 1 is 0.750 bits per heavy atom. The molecule has 1 N–H and O–H groups in total. The lowest BCUT2D eigenvalue weighted by molar-refractivity contribution is 0.969. The number of fused-ring (bicyclic) bond motifs is 1. The molecule has 5 heteroatoms. The summed E-state index contributed by atoms with van der Waals surface area (Å²) in [5.41, 5.74) is 2.03. The Balaban J connectivity index is 1.88. The third-order valence-corrected chi connectivity index (χ3v) is 3.15. The third-order valence-electron chi connectivity index (χ3n) is 3.15. The average Bonchev–Trinajstić information content (AvgIpc) is 3.09. The smallest absolute Gasteiger partial charge is 0.272 e. The fourth-order valence-corrected chi connectivity index (χ4v) is 2.18. The Hall–Kier alpha value is -2.95. The van der Waals surface area contributed by atoms with Crippen LogP contribution in [-0.4, -0.2) is 24.8 Å². The molecule has 0 unspecified atom stereocenters. The van der Waals surface area contributed by atoms with Crippen LogP contribution in [0.1, 0.15) is 0 Å². The maximum Gasteiger partial charge on any atom is 0.272 e. The summed E-state index contributed by atoms with van der Waals surface area (Å²) in [7, 11) is 0. The van der Waals surface area contributed by atoms with E-state index in [9.17, 15) is 0 Å².